The van der Waals surface area contributed by atoms with Crippen LogP contribution in [-0.4, -0.2) is 16.2 Å². The average molecular weight is 195 g/mol. The highest BCUT2D eigenvalue weighted by atomic mass is 16.5. The predicted molar refractivity (Wildman–Crippen MR) is 49.0 cm³/mol. The summed E-state index contributed by atoms with van der Waals surface area (Å²) in [5.74, 6) is -0.158. The molecule has 14 heavy (non-hydrogen) atoms. The maximum absolute atomic E-state index is 10.9. The summed E-state index contributed by atoms with van der Waals surface area (Å²) in [6.07, 6.45) is 4.46. The normalized spacial score (nSPS) is 22.8. The van der Waals surface area contributed by atoms with Crippen molar-refractivity contribution in [1.29, 1.82) is 0 Å². The SMILES string of the molecule is CC(C(=O)O)C1CCCc2oncc21. The summed E-state index contributed by atoms with van der Waals surface area (Å²) in [6.45, 7) is 1.75. The molecule has 0 amide bonds. The smallest absolute Gasteiger partial charge is 0.306 e. The molecule has 76 valence electrons. The van der Waals surface area contributed by atoms with Gasteiger partial charge in [-0.25, -0.2) is 0 Å². The lowest BCUT2D eigenvalue weighted by atomic mass is 9.79. The van der Waals surface area contributed by atoms with Crippen molar-refractivity contribution in [3.63, 3.8) is 0 Å². The summed E-state index contributed by atoms with van der Waals surface area (Å²) in [5, 5.41) is 12.7. The van der Waals surface area contributed by atoms with Gasteiger partial charge in [-0.05, 0) is 12.8 Å². The highest BCUT2D eigenvalue weighted by Gasteiger charge is 2.31. The van der Waals surface area contributed by atoms with E-state index in [1.807, 2.05) is 0 Å². The molecule has 1 N–H and O–H groups in total. The lowest BCUT2D eigenvalue weighted by molar-refractivity contribution is -0.142. The van der Waals surface area contributed by atoms with Crippen LogP contribution in [0, 0.1) is 5.92 Å². The molecule has 1 heterocycles. The zero-order chi connectivity index (χ0) is 10.1. The van der Waals surface area contributed by atoms with Gasteiger partial charge < -0.3 is 9.63 Å². The van der Waals surface area contributed by atoms with E-state index in [1.165, 1.54) is 0 Å². The molecular weight excluding hydrogens is 182 g/mol. The van der Waals surface area contributed by atoms with Crippen LogP contribution in [0.15, 0.2) is 10.7 Å². The minimum Gasteiger partial charge on any atom is -0.481 e. The highest BCUT2D eigenvalue weighted by Crippen LogP contribution is 2.36. The third-order valence-corrected chi connectivity index (χ3v) is 2.99. The van der Waals surface area contributed by atoms with Crippen molar-refractivity contribution >= 4 is 5.97 Å². The Bertz CT molecular complexity index is 345. The van der Waals surface area contributed by atoms with Crippen molar-refractivity contribution in [2.75, 3.05) is 0 Å². The number of aryl methyl sites for hydroxylation is 1. The molecule has 0 aliphatic heterocycles. The molecule has 0 spiro atoms. The fourth-order valence-electron chi connectivity index (χ4n) is 2.09. The van der Waals surface area contributed by atoms with Gasteiger partial charge in [0, 0.05) is 17.9 Å². The number of nitrogens with zero attached hydrogens (tertiary/aromatic N) is 1. The molecular formula is C10H13NO3. The Balaban J connectivity index is 2.28. The number of aromatic nitrogens is 1. The summed E-state index contributed by atoms with van der Waals surface area (Å²) >= 11 is 0. The molecule has 0 saturated carbocycles. The van der Waals surface area contributed by atoms with Crippen LogP contribution < -0.4 is 0 Å². The quantitative estimate of drug-likeness (QED) is 0.781. The van der Waals surface area contributed by atoms with Gasteiger partial charge in [0.05, 0.1) is 12.1 Å². The molecule has 0 bridgehead atoms. The first-order valence-electron chi connectivity index (χ1n) is 4.86. The summed E-state index contributed by atoms with van der Waals surface area (Å²) in [5.41, 5.74) is 0.992. The van der Waals surface area contributed by atoms with Crippen LogP contribution in [0.3, 0.4) is 0 Å². The van der Waals surface area contributed by atoms with E-state index in [1.54, 1.807) is 13.1 Å². The molecule has 0 aromatic carbocycles. The first-order valence-corrected chi connectivity index (χ1v) is 4.86. The van der Waals surface area contributed by atoms with Crippen molar-refractivity contribution in [1.82, 2.24) is 5.16 Å². The molecule has 2 atom stereocenters. The van der Waals surface area contributed by atoms with Crippen molar-refractivity contribution in [2.24, 2.45) is 5.92 Å². The Labute approximate surface area is 81.9 Å². The van der Waals surface area contributed by atoms with Crippen LogP contribution >= 0.6 is 0 Å². The monoisotopic (exact) mass is 195 g/mol. The fourth-order valence-corrected chi connectivity index (χ4v) is 2.09. The van der Waals surface area contributed by atoms with Gasteiger partial charge in [0.1, 0.15) is 5.76 Å². The highest BCUT2D eigenvalue weighted by molar-refractivity contribution is 5.71. The molecule has 1 aromatic heterocycles. The van der Waals surface area contributed by atoms with Gasteiger partial charge in [-0.2, -0.15) is 0 Å². The van der Waals surface area contributed by atoms with E-state index in [0.717, 1.165) is 30.6 Å². The van der Waals surface area contributed by atoms with E-state index in [2.05, 4.69) is 5.16 Å². The Morgan fingerprint density at radius 2 is 2.57 bits per heavy atom. The van der Waals surface area contributed by atoms with Crippen LogP contribution in [0.4, 0.5) is 0 Å². The molecule has 2 unspecified atom stereocenters. The van der Waals surface area contributed by atoms with Crippen LogP contribution in [0.2, 0.25) is 0 Å². The second-order valence-corrected chi connectivity index (χ2v) is 3.83. The minimum absolute atomic E-state index is 0.0718. The molecule has 2 rings (SSSR count). The van der Waals surface area contributed by atoms with Gasteiger partial charge in [0.15, 0.2) is 0 Å². The number of carboxylic acids is 1. The first kappa shape index (κ1) is 9.24. The van der Waals surface area contributed by atoms with Gasteiger partial charge in [0.25, 0.3) is 0 Å². The number of fused-ring (bicyclic) bond motifs is 1. The number of aliphatic carboxylic acids is 1. The Hall–Kier alpha value is -1.32. The minimum atomic E-state index is -0.746. The average Bonchev–Trinajstić information content (AvgIpc) is 2.63. The van der Waals surface area contributed by atoms with Gasteiger partial charge in [0.2, 0.25) is 0 Å². The molecule has 0 saturated heterocycles. The zero-order valence-corrected chi connectivity index (χ0v) is 8.06. The Morgan fingerprint density at radius 1 is 1.79 bits per heavy atom. The lowest BCUT2D eigenvalue weighted by Crippen LogP contribution is -2.21. The number of hydrogen-bond donors (Lipinski definition) is 1. The van der Waals surface area contributed by atoms with Crippen molar-refractivity contribution in [3.8, 4) is 0 Å². The predicted octanol–water partition coefficient (Wildman–Crippen LogP) is 1.82. The van der Waals surface area contributed by atoms with Gasteiger partial charge in [-0.3, -0.25) is 4.79 Å². The van der Waals surface area contributed by atoms with Gasteiger partial charge in [-0.1, -0.05) is 12.1 Å². The van der Waals surface area contributed by atoms with Gasteiger partial charge >= 0.3 is 5.97 Å². The molecule has 4 nitrogen and oxygen atoms in total. The van der Waals surface area contributed by atoms with Crippen LogP contribution in [0.5, 0.6) is 0 Å². The maximum Gasteiger partial charge on any atom is 0.306 e. The fraction of sp³-hybridized carbons (Fsp3) is 0.600. The number of carbonyl (C=O) groups is 1. The van der Waals surface area contributed by atoms with E-state index in [0.29, 0.717) is 0 Å². The van der Waals surface area contributed by atoms with E-state index in [-0.39, 0.29) is 11.8 Å². The topological polar surface area (TPSA) is 63.3 Å². The van der Waals surface area contributed by atoms with Crippen LogP contribution in [-0.2, 0) is 11.2 Å². The van der Waals surface area contributed by atoms with Crippen molar-refractivity contribution < 1.29 is 14.4 Å². The largest absolute Gasteiger partial charge is 0.481 e. The summed E-state index contributed by atoms with van der Waals surface area (Å²) in [6, 6.07) is 0. The standard InChI is InChI=1S/C10H13NO3/c1-6(10(12)13)7-3-2-4-9-8(7)5-11-14-9/h5-7H,2-4H2,1H3,(H,12,13). The van der Waals surface area contributed by atoms with Gasteiger partial charge in [-0.15, -0.1) is 0 Å². The third kappa shape index (κ3) is 1.41. The maximum atomic E-state index is 10.9. The van der Waals surface area contributed by atoms with E-state index in [9.17, 15) is 4.79 Å². The third-order valence-electron chi connectivity index (χ3n) is 2.99. The van der Waals surface area contributed by atoms with E-state index >= 15 is 0 Å². The van der Waals surface area contributed by atoms with Crippen molar-refractivity contribution in [2.45, 2.75) is 32.1 Å². The summed E-state index contributed by atoms with van der Waals surface area (Å²) < 4.78 is 5.07. The molecule has 1 aliphatic carbocycles. The molecule has 1 aromatic rings. The zero-order valence-electron chi connectivity index (χ0n) is 8.06. The molecule has 4 heteroatoms. The summed E-state index contributed by atoms with van der Waals surface area (Å²) in [7, 11) is 0. The number of hydrogen-bond acceptors (Lipinski definition) is 3. The van der Waals surface area contributed by atoms with E-state index in [4.69, 9.17) is 9.63 Å². The van der Waals surface area contributed by atoms with Crippen LogP contribution in [0.25, 0.3) is 0 Å². The molecule has 0 fully saturated rings. The van der Waals surface area contributed by atoms with E-state index < -0.39 is 5.97 Å². The first-order chi connectivity index (χ1) is 6.70. The second-order valence-electron chi connectivity index (χ2n) is 3.83. The second kappa shape index (κ2) is 3.44. The Kier molecular flexibility index (Phi) is 2.27. The van der Waals surface area contributed by atoms with Crippen molar-refractivity contribution in [3.05, 3.63) is 17.5 Å². The lowest BCUT2D eigenvalue weighted by Gasteiger charge is -2.23. The number of rotatable bonds is 2. The number of carboxylic acid groups (broad SMARTS) is 1. The molecule has 0 radical (unpaired) electrons. The summed E-state index contributed by atoms with van der Waals surface area (Å²) in [4.78, 5) is 10.9. The Morgan fingerprint density at radius 3 is 3.29 bits per heavy atom. The molecule has 1 aliphatic rings. The van der Waals surface area contributed by atoms with Crippen LogP contribution in [0.1, 0.15) is 37.0 Å².